The Bertz CT molecular complexity index is 826. The third-order valence-electron chi connectivity index (χ3n) is 3.42. The number of carbonyl (C=O) groups excluding carboxylic acids is 1. The van der Waals surface area contributed by atoms with Crippen molar-refractivity contribution in [2.24, 2.45) is 0 Å². The molecule has 3 nitrogen and oxygen atoms in total. The number of carbonyl (C=O) groups is 1. The summed E-state index contributed by atoms with van der Waals surface area (Å²) < 4.78 is 5.10. The standard InChI is InChI=1S/C21H19Cl2NO2.3C2H6/c1-26-19-13-10-17(20(23)15-19)6-2-3-7-21(25)24-14-4-5-16-8-11-18(22)12-9-16;3*1-2/h2-13,15H,14H2,1H3,(H,24,25);3*1-2H3/b5-4-,6-2+,7-3+;;;. The van der Waals surface area contributed by atoms with Gasteiger partial charge >= 0.3 is 0 Å². The number of benzene rings is 2. The van der Waals surface area contributed by atoms with Crippen molar-refractivity contribution in [1.82, 2.24) is 5.32 Å². The summed E-state index contributed by atoms with van der Waals surface area (Å²) in [6, 6.07) is 12.9. The Balaban J connectivity index is 0. The summed E-state index contributed by atoms with van der Waals surface area (Å²) in [7, 11) is 1.59. The van der Waals surface area contributed by atoms with E-state index in [0.717, 1.165) is 11.1 Å². The van der Waals surface area contributed by atoms with Crippen LogP contribution in [-0.4, -0.2) is 19.6 Å². The lowest BCUT2D eigenvalue weighted by Crippen LogP contribution is -2.20. The van der Waals surface area contributed by atoms with Crippen molar-refractivity contribution >= 4 is 41.3 Å². The molecule has 5 heteroatoms. The van der Waals surface area contributed by atoms with E-state index < -0.39 is 0 Å². The van der Waals surface area contributed by atoms with Gasteiger partial charge in [0.25, 0.3) is 0 Å². The Kier molecular flexibility index (Phi) is 21.5. The van der Waals surface area contributed by atoms with Crippen molar-refractivity contribution in [2.45, 2.75) is 41.5 Å². The van der Waals surface area contributed by atoms with E-state index in [9.17, 15) is 4.79 Å². The minimum Gasteiger partial charge on any atom is -0.497 e. The summed E-state index contributed by atoms with van der Waals surface area (Å²) in [6.07, 6.45) is 10.5. The Morgan fingerprint density at radius 2 is 1.53 bits per heavy atom. The van der Waals surface area contributed by atoms with Gasteiger partial charge in [-0.15, -0.1) is 0 Å². The lowest BCUT2D eigenvalue weighted by Gasteiger charge is -2.02. The van der Waals surface area contributed by atoms with Gasteiger partial charge in [0.2, 0.25) is 5.91 Å². The van der Waals surface area contributed by atoms with E-state index in [1.54, 1.807) is 25.3 Å². The van der Waals surface area contributed by atoms with Gasteiger partial charge in [0.1, 0.15) is 5.75 Å². The highest BCUT2D eigenvalue weighted by Crippen LogP contribution is 2.23. The third-order valence-corrected chi connectivity index (χ3v) is 4.00. The molecule has 0 saturated carbocycles. The van der Waals surface area contributed by atoms with Crippen LogP contribution in [0.5, 0.6) is 5.75 Å². The van der Waals surface area contributed by atoms with Crippen molar-refractivity contribution in [1.29, 1.82) is 0 Å². The number of nitrogens with one attached hydrogen (secondary N) is 1. The van der Waals surface area contributed by atoms with Crippen molar-refractivity contribution in [3.63, 3.8) is 0 Å². The fraction of sp³-hybridized carbons (Fsp3) is 0.296. The smallest absolute Gasteiger partial charge is 0.244 e. The molecule has 0 aliphatic carbocycles. The van der Waals surface area contributed by atoms with Crippen LogP contribution in [-0.2, 0) is 4.79 Å². The molecule has 0 radical (unpaired) electrons. The first-order chi connectivity index (χ1) is 15.6. The van der Waals surface area contributed by atoms with Gasteiger partial charge in [0.15, 0.2) is 0 Å². The van der Waals surface area contributed by atoms with Crippen LogP contribution in [0.15, 0.2) is 66.8 Å². The predicted octanol–water partition coefficient (Wildman–Crippen LogP) is 8.48. The lowest BCUT2D eigenvalue weighted by molar-refractivity contribution is -0.116. The zero-order chi connectivity index (χ0) is 24.8. The largest absolute Gasteiger partial charge is 0.497 e. The highest BCUT2D eigenvalue weighted by atomic mass is 35.5. The van der Waals surface area contributed by atoms with Crippen LogP contribution in [0, 0.1) is 0 Å². The first-order valence-corrected chi connectivity index (χ1v) is 11.7. The van der Waals surface area contributed by atoms with E-state index in [0.29, 0.717) is 22.3 Å². The number of halogens is 2. The molecule has 1 amide bonds. The average Bonchev–Trinajstić information content (AvgIpc) is 2.85. The molecule has 32 heavy (non-hydrogen) atoms. The van der Waals surface area contributed by atoms with Gasteiger partial charge in [-0.1, -0.05) is 107 Å². The van der Waals surface area contributed by atoms with E-state index >= 15 is 0 Å². The summed E-state index contributed by atoms with van der Waals surface area (Å²) in [4.78, 5) is 11.7. The van der Waals surface area contributed by atoms with Crippen molar-refractivity contribution in [3.8, 4) is 5.75 Å². The number of hydrogen-bond donors (Lipinski definition) is 1. The normalized spacial score (nSPS) is 9.91. The van der Waals surface area contributed by atoms with E-state index in [1.165, 1.54) is 6.08 Å². The molecule has 0 aromatic heterocycles. The van der Waals surface area contributed by atoms with Crippen LogP contribution in [0.4, 0.5) is 0 Å². The molecule has 2 aromatic rings. The van der Waals surface area contributed by atoms with Gasteiger partial charge in [-0.25, -0.2) is 0 Å². The van der Waals surface area contributed by atoms with Gasteiger partial charge in [-0.2, -0.15) is 0 Å². The number of hydrogen-bond acceptors (Lipinski definition) is 2. The second-order valence-electron chi connectivity index (χ2n) is 5.30. The van der Waals surface area contributed by atoms with E-state index in [2.05, 4.69) is 5.32 Å². The van der Waals surface area contributed by atoms with Crippen LogP contribution in [0.25, 0.3) is 12.2 Å². The van der Waals surface area contributed by atoms with Gasteiger partial charge in [0.05, 0.1) is 12.1 Å². The molecule has 176 valence electrons. The quantitative estimate of drug-likeness (QED) is 0.320. The highest BCUT2D eigenvalue weighted by Gasteiger charge is 1.98. The van der Waals surface area contributed by atoms with Crippen LogP contribution < -0.4 is 10.1 Å². The summed E-state index contributed by atoms with van der Waals surface area (Å²) in [5.74, 6) is 0.532. The van der Waals surface area contributed by atoms with Gasteiger partial charge in [-0.3, -0.25) is 4.79 Å². The Morgan fingerprint density at radius 1 is 0.906 bits per heavy atom. The van der Waals surface area contributed by atoms with Crippen LogP contribution in [0.1, 0.15) is 52.7 Å². The molecule has 0 saturated heterocycles. The monoisotopic (exact) mass is 477 g/mol. The molecular formula is C27H37Cl2NO2. The third kappa shape index (κ3) is 14.5. The minimum absolute atomic E-state index is 0.170. The molecule has 1 N–H and O–H groups in total. The number of allylic oxidation sites excluding steroid dienone is 2. The van der Waals surface area contributed by atoms with Crippen LogP contribution >= 0.6 is 23.2 Å². The molecule has 0 aliphatic heterocycles. The second-order valence-corrected chi connectivity index (χ2v) is 6.15. The van der Waals surface area contributed by atoms with Crippen LogP contribution in [0.3, 0.4) is 0 Å². The lowest BCUT2D eigenvalue weighted by atomic mass is 10.2. The fourth-order valence-electron chi connectivity index (χ4n) is 2.06. The summed E-state index contributed by atoms with van der Waals surface area (Å²) in [5, 5.41) is 4.06. The van der Waals surface area contributed by atoms with E-state index in [-0.39, 0.29) is 5.91 Å². The number of amides is 1. The summed E-state index contributed by atoms with van der Waals surface area (Å²) in [5.41, 5.74) is 1.88. The highest BCUT2D eigenvalue weighted by molar-refractivity contribution is 6.32. The van der Waals surface area contributed by atoms with Gasteiger partial charge in [-0.05, 0) is 41.5 Å². The maximum atomic E-state index is 11.7. The average molecular weight is 479 g/mol. The molecule has 2 aromatic carbocycles. The molecule has 0 heterocycles. The maximum absolute atomic E-state index is 11.7. The zero-order valence-electron chi connectivity index (χ0n) is 20.3. The Labute approximate surface area is 204 Å². The predicted molar refractivity (Wildman–Crippen MR) is 144 cm³/mol. The first-order valence-electron chi connectivity index (χ1n) is 11.0. The Hall–Kier alpha value is -2.49. The molecule has 0 bridgehead atoms. The van der Waals surface area contributed by atoms with E-state index in [4.69, 9.17) is 27.9 Å². The van der Waals surface area contributed by atoms with E-state index in [1.807, 2.05) is 96.2 Å². The molecular weight excluding hydrogens is 441 g/mol. The minimum atomic E-state index is -0.170. The molecule has 0 fully saturated rings. The van der Waals surface area contributed by atoms with Crippen molar-refractivity contribution < 1.29 is 9.53 Å². The van der Waals surface area contributed by atoms with Gasteiger partial charge in [0, 0.05) is 17.6 Å². The molecule has 0 aliphatic rings. The zero-order valence-corrected chi connectivity index (χ0v) is 21.8. The number of methoxy groups -OCH3 is 1. The number of rotatable bonds is 7. The van der Waals surface area contributed by atoms with Crippen LogP contribution in [0.2, 0.25) is 10.0 Å². The molecule has 0 unspecified atom stereocenters. The number of ether oxygens (including phenoxy) is 1. The Morgan fingerprint density at radius 3 is 2.09 bits per heavy atom. The maximum Gasteiger partial charge on any atom is 0.244 e. The van der Waals surface area contributed by atoms with Gasteiger partial charge < -0.3 is 10.1 Å². The molecule has 2 rings (SSSR count). The summed E-state index contributed by atoms with van der Waals surface area (Å²) in [6.45, 7) is 12.4. The summed E-state index contributed by atoms with van der Waals surface area (Å²) >= 11 is 12.0. The molecule has 0 spiro atoms. The first kappa shape index (κ1) is 31.7. The fourth-order valence-corrected chi connectivity index (χ4v) is 2.42. The molecule has 0 atom stereocenters. The van der Waals surface area contributed by atoms with Crippen molar-refractivity contribution in [3.05, 3.63) is 87.9 Å². The SMILES string of the molecule is CC.CC.CC.COc1ccc(/C=C/C=C/C(=O)NC/C=C\c2ccc(Cl)cc2)c(Cl)c1. The second kappa shape index (κ2) is 21.7. The topological polar surface area (TPSA) is 38.3 Å². The van der Waals surface area contributed by atoms with Crippen molar-refractivity contribution in [2.75, 3.05) is 13.7 Å².